The van der Waals surface area contributed by atoms with Gasteiger partial charge in [0.15, 0.2) is 0 Å². The summed E-state index contributed by atoms with van der Waals surface area (Å²) in [4.78, 5) is 0. The monoisotopic (exact) mass is 262 g/mol. The number of rotatable bonds is 10. The molecule has 0 aliphatic heterocycles. The zero-order valence-corrected chi connectivity index (χ0v) is 11.8. The van der Waals surface area contributed by atoms with Crippen molar-refractivity contribution in [1.82, 2.24) is 0 Å². The summed E-state index contributed by atoms with van der Waals surface area (Å²) in [5, 5.41) is 17.8. The van der Waals surface area contributed by atoms with E-state index in [2.05, 4.69) is 30.3 Å². The standard InChI is InChI=1S/C17H26O2/c1-2-3-4-5-6-7-8-9-10-11-12-13-14-15-17(19)16-18/h2,17-19H,1,3-4,9-16H2/t17-/m0/s1. The second kappa shape index (κ2) is 14.8. The minimum absolute atomic E-state index is 0.122. The molecule has 0 aliphatic carbocycles. The van der Waals surface area contributed by atoms with Gasteiger partial charge >= 0.3 is 0 Å². The van der Waals surface area contributed by atoms with Gasteiger partial charge in [-0.2, -0.15) is 0 Å². The van der Waals surface area contributed by atoms with E-state index in [0.717, 1.165) is 38.5 Å². The molecule has 1 atom stereocenters. The number of hydrogen-bond acceptors (Lipinski definition) is 2. The summed E-state index contributed by atoms with van der Waals surface area (Å²) in [6, 6.07) is 0. The average Bonchev–Trinajstić information content (AvgIpc) is 2.43. The van der Waals surface area contributed by atoms with E-state index in [1.54, 1.807) is 0 Å². The van der Waals surface area contributed by atoms with E-state index >= 15 is 0 Å². The van der Waals surface area contributed by atoms with Crippen LogP contribution in [0.5, 0.6) is 0 Å². The lowest BCUT2D eigenvalue weighted by atomic mass is 10.1. The Morgan fingerprint density at radius 3 is 2.26 bits per heavy atom. The van der Waals surface area contributed by atoms with Gasteiger partial charge in [-0.25, -0.2) is 0 Å². The Balaban J connectivity index is 3.28. The fraction of sp³-hybridized carbons (Fsp3) is 0.647. The highest BCUT2D eigenvalue weighted by atomic mass is 16.3. The number of allylic oxidation sites excluding steroid dienone is 1. The molecular weight excluding hydrogens is 236 g/mol. The third-order valence-electron chi connectivity index (χ3n) is 2.76. The van der Waals surface area contributed by atoms with E-state index in [1.807, 2.05) is 6.08 Å². The number of aliphatic hydroxyl groups is 2. The van der Waals surface area contributed by atoms with Crippen molar-refractivity contribution in [3.05, 3.63) is 12.7 Å². The van der Waals surface area contributed by atoms with Crippen molar-refractivity contribution in [3.8, 4) is 23.7 Å². The van der Waals surface area contributed by atoms with E-state index in [-0.39, 0.29) is 6.61 Å². The Morgan fingerprint density at radius 2 is 1.58 bits per heavy atom. The topological polar surface area (TPSA) is 40.5 Å². The Labute approximate surface area is 117 Å². The van der Waals surface area contributed by atoms with E-state index in [1.165, 1.54) is 12.8 Å². The van der Waals surface area contributed by atoms with Crippen molar-refractivity contribution in [2.24, 2.45) is 0 Å². The summed E-state index contributed by atoms with van der Waals surface area (Å²) in [5.74, 6) is 11.7. The van der Waals surface area contributed by atoms with Crippen LogP contribution in [0.15, 0.2) is 12.7 Å². The zero-order valence-electron chi connectivity index (χ0n) is 11.8. The van der Waals surface area contributed by atoms with Crippen molar-refractivity contribution in [3.63, 3.8) is 0 Å². The largest absolute Gasteiger partial charge is 0.394 e. The van der Waals surface area contributed by atoms with Gasteiger partial charge < -0.3 is 10.2 Å². The highest BCUT2D eigenvalue weighted by Gasteiger charge is 2.00. The third kappa shape index (κ3) is 14.7. The summed E-state index contributed by atoms with van der Waals surface area (Å²) in [6.07, 6.45) is 10.3. The van der Waals surface area contributed by atoms with Crippen molar-refractivity contribution in [2.45, 2.75) is 63.9 Å². The highest BCUT2D eigenvalue weighted by Crippen LogP contribution is 2.08. The molecular formula is C17H26O2. The molecule has 106 valence electrons. The van der Waals surface area contributed by atoms with Crippen LogP contribution >= 0.6 is 0 Å². The summed E-state index contributed by atoms with van der Waals surface area (Å²) in [7, 11) is 0. The first-order valence-electron chi connectivity index (χ1n) is 7.16. The maximum Gasteiger partial charge on any atom is 0.0770 e. The Bertz CT molecular complexity index is 325. The van der Waals surface area contributed by atoms with E-state index in [0.29, 0.717) is 6.42 Å². The smallest absolute Gasteiger partial charge is 0.0770 e. The van der Waals surface area contributed by atoms with E-state index in [9.17, 15) is 0 Å². The molecule has 0 aliphatic rings. The maximum atomic E-state index is 9.15. The summed E-state index contributed by atoms with van der Waals surface area (Å²) >= 11 is 0. The molecule has 19 heavy (non-hydrogen) atoms. The maximum absolute atomic E-state index is 9.15. The van der Waals surface area contributed by atoms with Crippen molar-refractivity contribution < 1.29 is 10.2 Å². The molecule has 0 aromatic carbocycles. The summed E-state index contributed by atoms with van der Waals surface area (Å²) in [6.45, 7) is 3.51. The fourth-order valence-corrected chi connectivity index (χ4v) is 1.60. The van der Waals surface area contributed by atoms with Crippen LogP contribution in [0.2, 0.25) is 0 Å². The van der Waals surface area contributed by atoms with Crippen LogP contribution in [0, 0.1) is 23.7 Å². The second-order valence-corrected chi connectivity index (χ2v) is 4.57. The quantitative estimate of drug-likeness (QED) is 0.361. The first-order chi connectivity index (χ1) is 9.31. The van der Waals surface area contributed by atoms with Gasteiger partial charge in [-0.3, -0.25) is 0 Å². The summed E-state index contributed by atoms with van der Waals surface area (Å²) < 4.78 is 0. The molecule has 0 rings (SSSR count). The predicted molar refractivity (Wildman–Crippen MR) is 80.4 cm³/mol. The Kier molecular flexibility index (Phi) is 13.9. The molecule has 0 heterocycles. The van der Waals surface area contributed by atoms with Gasteiger partial charge in [-0.15, -0.1) is 6.58 Å². The molecule has 0 unspecified atom stereocenters. The van der Waals surface area contributed by atoms with E-state index < -0.39 is 6.10 Å². The molecule has 0 aromatic heterocycles. The molecule has 0 fully saturated rings. The Hall–Kier alpha value is -1.22. The molecule has 0 spiro atoms. The molecule has 2 nitrogen and oxygen atoms in total. The Morgan fingerprint density at radius 1 is 0.947 bits per heavy atom. The molecule has 0 aromatic rings. The van der Waals surface area contributed by atoms with Gasteiger partial charge in [0.1, 0.15) is 0 Å². The minimum atomic E-state index is -0.537. The van der Waals surface area contributed by atoms with Crippen LogP contribution in [0.25, 0.3) is 0 Å². The SMILES string of the molecule is C=CCCC#CC#CCCCCCCC[C@H](O)CO. The van der Waals surface area contributed by atoms with Gasteiger partial charge in [0.05, 0.1) is 12.7 Å². The zero-order chi connectivity index (χ0) is 14.2. The lowest BCUT2D eigenvalue weighted by molar-refractivity contribution is 0.0860. The lowest BCUT2D eigenvalue weighted by Crippen LogP contribution is -2.10. The first kappa shape index (κ1) is 17.8. The van der Waals surface area contributed by atoms with Crippen LogP contribution in [-0.4, -0.2) is 22.9 Å². The average molecular weight is 262 g/mol. The number of unbranched alkanes of at least 4 members (excludes halogenated alkanes) is 6. The van der Waals surface area contributed by atoms with Crippen molar-refractivity contribution in [1.29, 1.82) is 0 Å². The second-order valence-electron chi connectivity index (χ2n) is 4.57. The minimum Gasteiger partial charge on any atom is -0.394 e. The van der Waals surface area contributed by atoms with Crippen LogP contribution < -0.4 is 0 Å². The molecule has 2 heteroatoms. The molecule has 0 amide bonds. The molecule has 0 bridgehead atoms. The first-order valence-corrected chi connectivity index (χ1v) is 7.16. The van der Waals surface area contributed by atoms with Crippen molar-refractivity contribution >= 4 is 0 Å². The normalized spacial score (nSPS) is 10.8. The molecule has 0 saturated heterocycles. The number of aliphatic hydroxyl groups excluding tert-OH is 2. The van der Waals surface area contributed by atoms with Crippen LogP contribution in [0.4, 0.5) is 0 Å². The van der Waals surface area contributed by atoms with Gasteiger partial charge in [0.2, 0.25) is 0 Å². The molecule has 2 N–H and O–H groups in total. The van der Waals surface area contributed by atoms with Gasteiger partial charge in [-0.1, -0.05) is 43.6 Å². The van der Waals surface area contributed by atoms with Gasteiger partial charge in [-0.05, 0) is 31.1 Å². The van der Waals surface area contributed by atoms with Crippen molar-refractivity contribution in [2.75, 3.05) is 6.61 Å². The predicted octanol–water partition coefficient (Wildman–Crippen LogP) is 3.04. The van der Waals surface area contributed by atoms with Gasteiger partial charge in [0, 0.05) is 12.8 Å². The highest BCUT2D eigenvalue weighted by molar-refractivity contribution is 5.25. The molecule has 0 saturated carbocycles. The van der Waals surface area contributed by atoms with Crippen LogP contribution in [0.3, 0.4) is 0 Å². The summed E-state index contributed by atoms with van der Waals surface area (Å²) in [5.41, 5.74) is 0. The van der Waals surface area contributed by atoms with E-state index in [4.69, 9.17) is 10.2 Å². The van der Waals surface area contributed by atoms with Crippen LogP contribution in [-0.2, 0) is 0 Å². The molecule has 0 radical (unpaired) electrons. The number of hydrogen-bond donors (Lipinski definition) is 2. The third-order valence-corrected chi connectivity index (χ3v) is 2.76. The fourth-order valence-electron chi connectivity index (χ4n) is 1.60. The lowest BCUT2D eigenvalue weighted by Gasteiger charge is -2.05. The van der Waals surface area contributed by atoms with Gasteiger partial charge in [0.25, 0.3) is 0 Å². The van der Waals surface area contributed by atoms with Crippen LogP contribution in [0.1, 0.15) is 57.8 Å².